The Balaban J connectivity index is 2.00. The average Bonchev–Trinajstić information content (AvgIpc) is 3.02. The van der Waals surface area contributed by atoms with E-state index in [-0.39, 0.29) is 18.7 Å². The Morgan fingerprint density at radius 2 is 1.87 bits per heavy atom. The van der Waals surface area contributed by atoms with Crippen molar-refractivity contribution in [1.82, 2.24) is 9.97 Å². The van der Waals surface area contributed by atoms with Crippen molar-refractivity contribution in [2.75, 3.05) is 34.5 Å². The van der Waals surface area contributed by atoms with Crippen molar-refractivity contribution in [3.8, 4) is 0 Å². The summed E-state index contributed by atoms with van der Waals surface area (Å²) in [7, 11) is 0. The van der Waals surface area contributed by atoms with Crippen LogP contribution in [0.3, 0.4) is 0 Å². The van der Waals surface area contributed by atoms with Gasteiger partial charge in [0.15, 0.2) is 11.6 Å². The minimum Gasteiger partial charge on any atom is -0.393 e. The van der Waals surface area contributed by atoms with E-state index < -0.39 is 17.9 Å². The Bertz CT molecular complexity index is 900. The molecular weight excluding hydrogens is 406 g/mol. The molecule has 0 radical (unpaired) electrons. The lowest BCUT2D eigenvalue weighted by Crippen LogP contribution is -2.35. The van der Waals surface area contributed by atoms with Crippen molar-refractivity contribution >= 4 is 30.0 Å². The Morgan fingerprint density at radius 3 is 2.43 bits per heavy atom. The summed E-state index contributed by atoms with van der Waals surface area (Å²) in [6, 6.07) is 7.97. The van der Waals surface area contributed by atoms with E-state index in [9.17, 15) is 8.78 Å². The monoisotopic (exact) mass is 436 g/mol. The van der Waals surface area contributed by atoms with Crippen molar-refractivity contribution in [3.05, 3.63) is 41.2 Å². The van der Waals surface area contributed by atoms with Crippen LogP contribution in [0.25, 0.3) is 0 Å². The Kier molecular flexibility index (Phi) is 6.43. The van der Waals surface area contributed by atoms with Gasteiger partial charge in [-0.3, -0.25) is 5.01 Å². The number of thiol groups is 1. The van der Waals surface area contributed by atoms with Gasteiger partial charge in [0.1, 0.15) is 11.5 Å². The fourth-order valence-corrected chi connectivity index (χ4v) is 3.73. The molecule has 1 aromatic carbocycles. The minimum atomic E-state index is -2.76. The van der Waals surface area contributed by atoms with Crippen LogP contribution in [0.15, 0.2) is 24.3 Å². The Hall–Kier alpha value is -2.13. The van der Waals surface area contributed by atoms with Crippen molar-refractivity contribution < 1.29 is 8.78 Å². The zero-order chi connectivity index (χ0) is 22.1. The van der Waals surface area contributed by atoms with E-state index in [1.54, 1.807) is 0 Å². The highest BCUT2D eigenvalue weighted by Crippen LogP contribution is 2.37. The van der Waals surface area contributed by atoms with Crippen LogP contribution in [0.2, 0.25) is 0 Å². The van der Waals surface area contributed by atoms with Gasteiger partial charge in [0.2, 0.25) is 0 Å². The largest absolute Gasteiger partial charge is 0.393 e. The van der Waals surface area contributed by atoms with Gasteiger partial charge in [-0.1, -0.05) is 45.0 Å². The third-order valence-corrected chi connectivity index (χ3v) is 5.38. The van der Waals surface area contributed by atoms with E-state index in [2.05, 4.69) is 22.6 Å². The predicted molar refractivity (Wildman–Crippen MR) is 121 cm³/mol. The molecule has 3 rings (SSSR count). The fourth-order valence-electron chi connectivity index (χ4n) is 3.49. The standard InChI is InChI=1S/C21H30F2N6S/c1-20(2,3)19-26-17(28-10-9-21(22,23)13-28)16(24)18(27-19)29(25)12-15-7-5-4-6-14(15)8-11-30/h4-7,30H,8-13,24-25H2,1-3H3. The molecule has 0 amide bonds. The number of nitrogens with zero attached hydrogens (tertiary/aromatic N) is 4. The zero-order valence-corrected chi connectivity index (χ0v) is 18.6. The molecule has 30 heavy (non-hydrogen) atoms. The van der Waals surface area contributed by atoms with E-state index in [0.29, 0.717) is 24.0 Å². The highest BCUT2D eigenvalue weighted by molar-refractivity contribution is 7.80. The lowest BCUT2D eigenvalue weighted by atomic mass is 9.95. The maximum Gasteiger partial charge on any atom is 0.266 e. The lowest BCUT2D eigenvalue weighted by molar-refractivity contribution is 0.0257. The molecule has 1 fully saturated rings. The maximum absolute atomic E-state index is 13.8. The summed E-state index contributed by atoms with van der Waals surface area (Å²) in [4.78, 5) is 10.7. The first-order valence-corrected chi connectivity index (χ1v) is 10.7. The van der Waals surface area contributed by atoms with Gasteiger partial charge in [-0.2, -0.15) is 12.6 Å². The number of benzene rings is 1. The van der Waals surface area contributed by atoms with E-state index in [4.69, 9.17) is 11.6 Å². The normalized spacial score (nSPS) is 16.2. The molecule has 0 saturated carbocycles. The smallest absolute Gasteiger partial charge is 0.266 e. The van der Waals surface area contributed by atoms with Crippen molar-refractivity contribution in [2.45, 2.75) is 51.5 Å². The summed E-state index contributed by atoms with van der Waals surface area (Å²) in [5.74, 6) is 5.55. The molecule has 4 N–H and O–H groups in total. The highest BCUT2D eigenvalue weighted by atomic mass is 32.1. The number of hydrogen-bond acceptors (Lipinski definition) is 7. The van der Waals surface area contributed by atoms with Crippen LogP contribution < -0.4 is 21.5 Å². The maximum atomic E-state index is 13.8. The number of halogens is 2. The van der Waals surface area contributed by atoms with E-state index in [0.717, 1.165) is 23.3 Å². The number of alkyl halides is 2. The third kappa shape index (κ3) is 4.95. The molecular formula is C21H30F2N6S. The molecule has 0 atom stereocenters. The van der Waals surface area contributed by atoms with Crippen LogP contribution in [0, 0.1) is 0 Å². The van der Waals surface area contributed by atoms with E-state index in [1.807, 2.05) is 45.0 Å². The van der Waals surface area contributed by atoms with Crippen LogP contribution in [-0.2, 0) is 18.4 Å². The van der Waals surface area contributed by atoms with Crippen molar-refractivity contribution in [1.29, 1.82) is 0 Å². The quantitative estimate of drug-likeness (QED) is 0.365. The second-order valence-corrected chi connectivity index (χ2v) is 9.20. The number of anilines is 3. The van der Waals surface area contributed by atoms with E-state index in [1.165, 1.54) is 9.91 Å². The Morgan fingerprint density at radius 1 is 1.20 bits per heavy atom. The molecule has 1 aliphatic heterocycles. The average molecular weight is 437 g/mol. The number of hydrazine groups is 1. The summed E-state index contributed by atoms with van der Waals surface area (Å²) >= 11 is 4.33. The molecule has 0 bridgehead atoms. The molecule has 164 valence electrons. The molecule has 6 nitrogen and oxygen atoms in total. The van der Waals surface area contributed by atoms with Gasteiger partial charge >= 0.3 is 0 Å². The van der Waals surface area contributed by atoms with Crippen LogP contribution >= 0.6 is 12.6 Å². The van der Waals surface area contributed by atoms with Gasteiger partial charge in [-0.15, -0.1) is 0 Å². The van der Waals surface area contributed by atoms with Crippen LogP contribution in [0.5, 0.6) is 0 Å². The summed E-state index contributed by atoms with van der Waals surface area (Å²) in [6.45, 7) is 6.05. The Labute approximate surface area is 182 Å². The minimum absolute atomic E-state index is 0.187. The first-order valence-electron chi connectivity index (χ1n) is 10.0. The van der Waals surface area contributed by atoms with Crippen LogP contribution in [0.1, 0.15) is 44.1 Å². The van der Waals surface area contributed by atoms with Gasteiger partial charge in [0.25, 0.3) is 5.92 Å². The van der Waals surface area contributed by atoms with Crippen molar-refractivity contribution in [3.63, 3.8) is 0 Å². The van der Waals surface area contributed by atoms with Gasteiger partial charge < -0.3 is 10.6 Å². The SMILES string of the molecule is CC(C)(C)c1nc(N(N)Cc2ccccc2CCS)c(N)c(N2CCC(F)(F)C2)n1. The van der Waals surface area contributed by atoms with Gasteiger partial charge in [-0.25, -0.2) is 24.6 Å². The lowest BCUT2D eigenvalue weighted by Gasteiger charge is -2.28. The molecule has 0 spiro atoms. The van der Waals surface area contributed by atoms with Crippen molar-refractivity contribution in [2.24, 2.45) is 5.84 Å². The first kappa shape index (κ1) is 22.6. The molecule has 2 heterocycles. The first-order chi connectivity index (χ1) is 14.0. The zero-order valence-electron chi connectivity index (χ0n) is 17.7. The van der Waals surface area contributed by atoms with Gasteiger partial charge in [0.05, 0.1) is 13.1 Å². The number of rotatable bonds is 6. The number of aromatic nitrogens is 2. The predicted octanol–water partition coefficient (Wildman–Crippen LogP) is 3.55. The number of aryl methyl sites for hydroxylation is 1. The molecule has 0 unspecified atom stereocenters. The van der Waals surface area contributed by atoms with Gasteiger partial charge in [0, 0.05) is 18.4 Å². The molecule has 1 aliphatic rings. The van der Waals surface area contributed by atoms with Crippen LogP contribution in [-0.4, -0.2) is 34.7 Å². The summed E-state index contributed by atoms with van der Waals surface area (Å²) in [5.41, 5.74) is 8.37. The second kappa shape index (κ2) is 8.55. The van der Waals surface area contributed by atoms with Gasteiger partial charge in [-0.05, 0) is 23.3 Å². The molecule has 0 aliphatic carbocycles. The summed E-state index contributed by atoms with van der Waals surface area (Å²) in [6.07, 6.45) is 0.591. The molecule has 2 aromatic rings. The highest BCUT2D eigenvalue weighted by Gasteiger charge is 2.40. The molecule has 1 aromatic heterocycles. The fraction of sp³-hybridized carbons (Fsp3) is 0.524. The molecule has 1 saturated heterocycles. The van der Waals surface area contributed by atoms with Crippen LogP contribution in [0.4, 0.5) is 26.1 Å². The molecule has 9 heteroatoms. The number of nitrogen functional groups attached to an aromatic ring is 1. The second-order valence-electron chi connectivity index (χ2n) is 8.76. The number of hydrogen-bond donors (Lipinski definition) is 3. The topological polar surface area (TPSA) is 84.3 Å². The summed E-state index contributed by atoms with van der Waals surface area (Å²) in [5, 5.41) is 1.47. The third-order valence-electron chi connectivity index (χ3n) is 5.16. The van der Waals surface area contributed by atoms with E-state index >= 15 is 0 Å². The number of nitrogens with two attached hydrogens (primary N) is 2. The summed E-state index contributed by atoms with van der Waals surface area (Å²) < 4.78 is 27.7.